The van der Waals surface area contributed by atoms with Crippen LogP contribution in [0.25, 0.3) is 0 Å². The summed E-state index contributed by atoms with van der Waals surface area (Å²) in [6.07, 6.45) is 13.2. The van der Waals surface area contributed by atoms with Crippen LogP contribution < -0.4 is 0 Å². The van der Waals surface area contributed by atoms with Gasteiger partial charge in [-0.05, 0) is 126 Å². The van der Waals surface area contributed by atoms with Crippen molar-refractivity contribution in [1.29, 1.82) is 0 Å². The Labute approximate surface area is 226 Å². The first kappa shape index (κ1) is 28.7. The predicted molar refractivity (Wildman–Crippen MR) is 158 cm³/mol. The largest absolute Gasteiger partial charge is 0.414 e. The fourth-order valence-electron chi connectivity index (χ4n) is 8.34. The van der Waals surface area contributed by atoms with Gasteiger partial charge in [-0.3, -0.25) is 0 Å². The third-order valence-electron chi connectivity index (χ3n) is 11.6. The van der Waals surface area contributed by atoms with Gasteiger partial charge in [0.15, 0.2) is 8.32 Å². The highest BCUT2D eigenvalue weighted by Gasteiger charge is 2.59. The third-order valence-corrected chi connectivity index (χ3v) is 17.6. The standard InChI is InChI=1S/C31H55NO2SSi/c1-21(32-35(33)28(2,3)4)25-14-15-26-24-13-12-22-20-23(34-36(10,11)29(5,6)7)16-18-30(22,8)27(24)17-19-31(25,26)9/h12,23-27H,13-20H2,1-11H3/b32-21+/t23-,24-,25+,26-,27-,30-,31+,35+/m0/s1. The summed E-state index contributed by atoms with van der Waals surface area (Å²) in [6.45, 7) is 25.3. The van der Waals surface area contributed by atoms with Gasteiger partial charge in [0.2, 0.25) is 0 Å². The topological polar surface area (TPSA) is 38.7 Å². The minimum atomic E-state index is -1.74. The Bertz CT molecular complexity index is 941. The van der Waals surface area contributed by atoms with E-state index >= 15 is 0 Å². The number of hydrogen-bond acceptors (Lipinski definition) is 2. The fraction of sp³-hybridized carbons (Fsp3) is 0.903. The van der Waals surface area contributed by atoms with Crippen LogP contribution in [0.2, 0.25) is 18.1 Å². The number of fused-ring (bicyclic) bond motifs is 5. The summed E-state index contributed by atoms with van der Waals surface area (Å²) in [7, 11) is -2.90. The molecule has 5 heteroatoms. The Balaban J connectivity index is 1.52. The molecule has 4 aliphatic rings. The average molecular weight is 534 g/mol. The van der Waals surface area contributed by atoms with E-state index in [0.717, 1.165) is 29.9 Å². The highest BCUT2D eigenvalue weighted by atomic mass is 32.2. The summed E-state index contributed by atoms with van der Waals surface area (Å²) < 4.78 is 24.2. The molecular formula is C31H55NO2SSi. The Morgan fingerprint density at radius 2 is 1.69 bits per heavy atom. The van der Waals surface area contributed by atoms with Crippen LogP contribution in [0.1, 0.15) is 114 Å². The van der Waals surface area contributed by atoms with Crippen molar-refractivity contribution < 1.29 is 8.63 Å². The molecule has 0 spiro atoms. The molecule has 0 aromatic rings. The zero-order valence-corrected chi connectivity index (χ0v) is 27.1. The van der Waals surface area contributed by atoms with Crippen molar-refractivity contribution in [3.8, 4) is 0 Å². The molecule has 0 amide bonds. The number of allylic oxidation sites excluding steroid dienone is 1. The summed E-state index contributed by atoms with van der Waals surface area (Å²) in [6, 6.07) is 0. The molecule has 0 saturated heterocycles. The first-order valence-corrected chi connectivity index (χ1v) is 18.8. The summed E-state index contributed by atoms with van der Waals surface area (Å²) >= 11 is 0. The van der Waals surface area contributed by atoms with Gasteiger partial charge in [-0.1, -0.05) is 46.3 Å². The van der Waals surface area contributed by atoms with Crippen molar-refractivity contribution >= 4 is 25.0 Å². The molecule has 0 bridgehead atoms. The second-order valence-electron chi connectivity index (χ2n) is 15.8. The molecule has 4 rings (SSSR count). The lowest BCUT2D eigenvalue weighted by atomic mass is 9.47. The second kappa shape index (κ2) is 9.43. The maximum Gasteiger partial charge on any atom is 0.192 e. The quantitative estimate of drug-likeness (QED) is 0.206. The van der Waals surface area contributed by atoms with Crippen LogP contribution in [0, 0.1) is 34.5 Å². The van der Waals surface area contributed by atoms with E-state index in [0.29, 0.717) is 22.9 Å². The first-order chi connectivity index (χ1) is 16.4. The molecule has 0 unspecified atom stereocenters. The molecule has 3 nitrogen and oxygen atoms in total. The zero-order chi connectivity index (χ0) is 26.9. The molecule has 8 atom stereocenters. The van der Waals surface area contributed by atoms with Crippen LogP contribution in [0.3, 0.4) is 0 Å². The highest BCUT2D eigenvalue weighted by Crippen LogP contribution is 2.66. The van der Waals surface area contributed by atoms with E-state index < -0.39 is 19.3 Å². The highest BCUT2D eigenvalue weighted by molar-refractivity contribution is 7.85. The second-order valence-corrected chi connectivity index (χ2v) is 22.4. The van der Waals surface area contributed by atoms with Crippen LogP contribution in [0.5, 0.6) is 0 Å². The molecule has 0 N–H and O–H groups in total. The molecule has 3 fully saturated rings. The number of hydrogen-bond donors (Lipinski definition) is 0. The van der Waals surface area contributed by atoms with Crippen LogP contribution in [-0.2, 0) is 15.4 Å². The van der Waals surface area contributed by atoms with Crippen LogP contribution in [-0.4, -0.2) is 29.1 Å². The van der Waals surface area contributed by atoms with Crippen molar-refractivity contribution in [3.63, 3.8) is 0 Å². The minimum Gasteiger partial charge on any atom is -0.414 e. The summed E-state index contributed by atoms with van der Waals surface area (Å²) in [5, 5.41) is 0.271. The molecule has 0 radical (unpaired) electrons. The van der Waals surface area contributed by atoms with Gasteiger partial charge in [-0.2, -0.15) is 4.40 Å². The van der Waals surface area contributed by atoms with Gasteiger partial charge in [0.25, 0.3) is 0 Å². The lowest BCUT2D eigenvalue weighted by molar-refractivity contribution is -0.0412. The Hall–Kier alpha value is -0.263. The lowest BCUT2D eigenvalue weighted by Crippen LogP contribution is -2.52. The van der Waals surface area contributed by atoms with Gasteiger partial charge in [-0.25, -0.2) is 4.21 Å². The molecule has 0 aromatic carbocycles. The van der Waals surface area contributed by atoms with E-state index in [9.17, 15) is 4.21 Å². The smallest absolute Gasteiger partial charge is 0.192 e. The number of nitrogens with zero attached hydrogens (tertiary/aromatic N) is 1. The van der Waals surface area contributed by atoms with Gasteiger partial charge >= 0.3 is 0 Å². The molecular weight excluding hydrogens is 478 g/mol. The maximum atomic E-state index is 12.8. The van der Waals surface area contributed by atoms with Crippen LogP contribution in [0.15, 0.2) is 16.0 Å². The lowest BCUT2D eigenvalue weighted by Gasteiger charge is -2.58. The van der Waals surface area contributed by atoms with Crippen molar-refractivity contribution in [3.05, 3.63) is 11.6 Å². The molecule has 0 aliphatic heterocycles. The van der Waals surface area contributed by atoms with Crippen molar-refractivity contribution in [1.82, 2.24) is 0 Å². The first-order valence-electron chi connectivity index (χ1n) is 14.7. The Morgan fingerprint density at radius 3 is 2.31 bits per heavy atom. The van der Waals surface area contributed by atoms with Gasteiger partial charge < -0.3 is 4.43 Å². The van der Waals surface area contributed by atoms with E-state index in [2.05, 4.69) is 60.7 Å². The molecule has 0 aromatic heterocycles. The van der Waals surface area contributed by atoms with E-state index in [1.807, 2.05) is 20.8 Å². The van der Waals surface area contributed by atoms with Crippen LogP contribution in [0.4, 0.5) is 0 Å². The van der Waals surface area contributed by atoms with Crippen molar-refractivity contribution in [2.45, 2.75) is 143 Å². The van der Waals surface area contributed by atoms with Crippen molar-refractivity contribution in [2.75, 3.05) is 0 Å². The summed E-state index contributed by atoms with van der Waals surface area (Å²) in [5.74, 6) is 2.86. The Morgan fingerprint density at radius 1 is 1.03 bits per heavy atom. The minimum absolute atomic E-state index is 0.271. The molecule has 0 heterocycles. The maximum absolute atomic E-state index is 12.8. The van der Waals surface area contributed by atoms with Gasteiger partial charge in [0, 0.05) is 17.7 Å². The van der Waals surface area contributed by atoms with Gasteiger partial charge in [-0.15, -0.1) is 0 Å². The van der Waals surface area contributed by atoms with E-state index in [1.165, 1.54) is 44.9 Å². The summed E-state index contributed by atoms with van der Waals surface area (Å²) in [5.41, 5.74) is 3.52. The zero-order valence-electron chi connectivity index (χ0n) is 25.3. The molecule has 4 aliphatic carbocycles. The number of rotatable bonds is 4. The predicted octanol–water partition coefficient (Wildman–Crippen LogP) is 8.88. The normalized spacial score (nSPS) is 40.7. The monoisotopic (exact) mass is 533 g/mol. The SMILES string of the molecule is C/C(=N\[S@](=O)C(C)(C)C)[C@H]1CC[C@H]2[C@@H]3CC=C4C[C@@H](O[Si](C)(C)C(C)(C)C)CC[C@]4(C)[C@H]3CC[C@]12C. The summed E-state index contributed by atoms with van der Waals surface area (Å²) in [4.78, 5) is 0. The molecule has 206 valence electrons. The fourth-order valence-corrected chi connectivity index (χ4v) is 10.4. The van der Waals surface area contributed by atoms with Crippen LogP contribution >= 0.6 is 0 Å². The van der Waals surface area contributed by atoms with Crippen molar-refractivity contribution in [2.24, 2.45) is 38.9 Å². The third kappa shape index (κ3) is 4.92. The average Bonchev–Trinajstić information content (AvgIpc) is 3.09. The van der Waals surface area contributed by atoms with Gasteiger partial charge in [0.05, 0.1) is 4.75 Å². The van der Waals surface area contributed by atoms with E-state index in [-0.39, 0.29) is 9.79 Å². The Kier molecular flexibility index (Phi) is 7.53. The van der Waals surface area contributed by atoms with Gasteiger partial charge in [0.1, 0.15) is 11.0 Å². The van der Waals surface area contributed by atoms with E-state index in [1.54, 1.807) is 5.57 Å². The van der Waals surface area contributed by atoms with E-state index in [4.69, 9.17) is 8.82 Å². The molecule has 36 heavy (non-hydrogen) atoms. The molecule has 3 saturated carbocycles.